The lowest BCUT2D eigenvalue weighted by Crippen LogP contribution is -2.26. The van der Waals surface area contributed by atoms with E-state index in [9.17, 15) is 4.79 Å². The van der Waals surface area contributed by atoms with E-state index in [2.05, 4.69) is 21.7 Å². The van der Waals surface area contributed by atoms with Crippen molar-refractivity contribution < 1.29 is 4.79 Å². The van der Waals surface area contributed by atoms with Crippen molar-refractivity contribution in [2.45, 2.75) is 6.92 Å². The smallest absolute Gasteiger partial charge is 0.216 e. The second-order valence-corrected chi connectivity index (χ2v) is 4.48. The van der Waals surface area contributed by atoms with E-state index in [0.717, 1.165) is 11.3 Å². The molecule has 1 aromatic carbocycles. The van der Waals surface area contributed by atoms with Crippen LogP contribution in [0.3, 0.4) is 0 Å². The molecule has 0 unspecified atom stereocenters. The van der Waals surface area contributed by atoms with Crippen LogP contribution < -0.4 is 10.6 Å². The lowest BCUT2D eigenvalue weighted by Gasteiger charge is -2.09. The maximum absolute atomic E-state index is 10.8. The fourth-order valence-electron chi connectivity index (χ4n) is 1.87. The van der Waals surface area contributed by atoms with Crippen molar-refractivity contribution in [3.8, 4) is 17.3 Å². The molecule has 1 heterocycles. The molecule has 0 atom stereocenters. The highest BCUT2D eigenvalue weighted by Gasteiger charge is 2.06. The van der Waals surface area contributed by atoms with Gasteiger partial charge in [-0.1, -0.05) is 30.3 Å². The Morgan fingerprint density at radius 3 is 2.62 bits per heavy atom. The predicted octanol–water partition coefficient (Wildman–Crippen LogP) is 2.17. The van der Waals surface area contributed by atoms with Crippen LogP contribution in [0.4, 0.5) is 5.82 Å². The molecule has 5 heteroatoms. The standard InChI is InChI=1S/C16H16N4O/c1-12(21)18-9-10-19-16-14(11-17)7-8-15(20-16)13-5-3-2-4-6-13/h2-8H,9-10H2,1H3,(H,18,21)(H,19,20). The van der Waals surface area contributed by atoms with Crippen molar-refractivity contribution in [1.82, 2.24) is 10.3 Å². The number of nitrogens with zero attached hydrogens (tertiary/aromatic N) is 2. The molecule has 2 aromatic rings. The minimum absolute atomic E-state index is 0.0803. The van der Waals surface area contributed by atoms with Crippen LogP contribution in [0, 0.1) is 11.3 Å². The molecule has 2 rings (SSSR count). The molecule has 106 valence electrons. The first-order valence-electron chi connectivity index (χ1n) is 6.65. The molecule has 0 bridgehead atoms. The molecule has 0 aliphatic heterocycles. The minimum Gasteiger partial charge on any atom is -0.367 e. The molecule has 0 spiro atoms. The zero-order valence-corrected chi connectivity index (χ0v) is 11.8. The van der Waals surface area contributed by atoms with E-state index >= 15 is 0 Å². The van der Waals surface area contributed by atoms with Crippen LogP contribution in [0.1, 0.15) is 12.5 Å². The van der Waals surface area contributed by atoms with Crippen molar-refractivity contribution >= 4 is 11.7 Å². The number of rotatable bonds is 5. The van der Waals surface area contributed by atoms with Crippen LogP contribution in [0.15, 0.2) is 42.5 Å². The molecule has 0 aliphatic rings. The molecule has 0 saturated carbocycles. The molecule has 21 heavy (non-hydrogen) atoms. The van der Waals surface area contributed by atoms with E-state index in [0.29, 0.717) is 24.5 Å². The number of benzene rings is 1. The van der Waals surface area contributed by atoms with Crippen molar-refractivity contribution in [1.29, 1.82) is 5.26 Å². The minimum atomic E-state index is -0.0803. The zero-order chi connectivity index (χ0) is 15.1. The summed E-state index contributed by atoms with van der Waals surface area (Å²) >= 11 is 0. The molecule has 2 N–H and O–H groups in total. The highest BCUT2D eigenvalue weighted by molar-refractivity contribution is 5.72. The van der Waals surface area contributed by atoms with Crippen LogP contribution in [-0.2, 0) is 4.79 Å². The van der Waals surface area contributed by atoms with E-state index in [1.165, 1.54) is 6.92 Å². The van der Waals surface area contributed by atoms with Gasteiger partial charge in [0, 0.05) is 25.6 Å². The Morgan fingerprint density at radius 1 is 1.19 bits per heavy atom. The Balaban J connectivity index is 2.15. The lowest BCUT2D eigenvalue weighted by atomic mass is 10.1. The molecule has 0 radical (unpaired) electrons. The third-order valence-corrected chi connectivity index (χ3v) is 2.88. The number of carbonyl (C=O) groups is 1. The van der Waals surface area contributed by atoms with Gasteiger partial charge in [-0.25, -0.2) is 4.98 Å². The van der Waals surface area contributed by atoms with Crippen LogP contribution in [-0.4, -0.2) is 24.0 Å². The normalized spacial score (nSPS) is 9.71. The second-order valence-electron chi connectivity index (χ2n) is 4.48. The van der Waals surface area contributed by atoms with Gasteiger partial charge in [0.25, 0.3) is 0 Å². The number of pyridine rings is 1. The van der Waals surface area contributed by atoms with Crippen LogP contribution in [0.25, 0.3) is 11.3 Å². The first-order chi connectivity index (χ1) is 10.2. The summed E-state index contributed by atoms with van der Waals surface area (Å²) in [5.41, 5.74) is 2.28. The second kappa shape index (κ2) is 7.06. The van der Waals surface area contributed by atoms with Gasteiger partial charge in [-0.3, -0.25) is 4.79 Å². The van der Waals surface area contributed by atoms with E-state index in [-0.39, 0.29) is 5.91 Å². The van der Waals surface area contributed by atoms with Crippen LogP contribution in [0.5, 0.6) is 0 Å². The van der Waals surface area contributed by atoms with Crippen molar-refractivity contribution in [2.24, 2.45) is 0 Å². The fourth-order valence-corrected chi connectivity index (χ4v) is 1.87. The predicted molar refractivity (Wildman–Crippen MR) is 81.6 cm³/mol. The summed E-state index contributed by atoms with van der Waals surface area (Å²) in [7, 11) is 0. The number of nitrogens with one attached hydrogen (secondary N) is 2. The van der Waals surface area contributed by atoms with Gasteiger partial charge >= 0.3 is 0 Å². The molecule has 0 saturated heterocycles. The highest BCUT2D eigenvalue weighted by Crippen LogP contribution is 2.21. The number of hydrogen-bond acceptors (Lipinski definition) is 4. The first-order valence-corrected chi connectivity index (χ1v) is 6.65. The van der Waals surface area contributed by atoms with E-state index in [1.54, 1.807) is 6.07 Å². The lowest BCUT2D eigenvalue weighted by molar-refractivity contribution is -0.118. The molecule has 1 aromatic heterocycles. The summed E-state index contributed by atoms with van der Waals surface area (Å²) in [5.74, 6) is 0.451. The van der Waals surface area contributed by atoms with E-state index in [4.69, 9.17) is 5.26 Å². The summed E-state index contributed by atoms with van der Waals surface area (Å²) in [4.78, 5) is 15.3. The maximum Gasteiger partial charge on any atom is 0.216 e. The Kier molecular flexibility index (Phi) is 4.89. The largest absolute Gasteiger partial charge is 0.367 e. The summed E-state index contributed by atoms with van der Waals surface area (Å²) in [6.45, 7) is 2.46. The van der Waals surface area contributed by atoms with Gasteiger partial charge in [-0.2, -0.15) is 5.26 Å². The Hall–Kier alpha value is -2.87. The average molecular weight is 280 g/mol. The molecule has 5 nitrogen and oxygen atoms in total. The van der Waals surface area contributed by atoms with E-state index in [1.807, 2.05) is 36.4 Å². The third kappa shape index (κ3) is 4.05. The van der Waals surface area contributed by atoms with E-state index < -0.39 is 0 Å². The fraction of sp³-hybridized carbons (Fsp3) is 0.188. The Morgan fingerprint density at radius 2 is 1.95 bits per heavy atom. The summed E-state index contributed by atoms with van der Waals surface area (Å²) in [6, 6.07) is 15.5. The monoisotopic (exact) mass is 280 g/mol. The maximum atomic E-state index is 10.8. The number of hydrogen-bond donors (Lipinski definition) is 2. The SMILES string of the molecule is CC(=O)NCCNc1nc(-c2ccccc2)ccc1C#N. The van der Waals surface area contributed by atoms with Crippen LogP contribution >= 0.6 is 0 Å². The van der Waals surface area contributed by atoms with Gasteiger partial charge in [-0.05, 0) is 12.1 Å². The molecule has 0 aliphatic carbocycles. The molecule has 1 amide bonds. The van der Waals surface area contributed by atoms with Gasteiger partial charge in [0.1, 0.15) is 11.9 Å². The molecular formula is C16H16N4O. The first kappa shape index (κ1) is 14.5. The number of anilines is 1. The summed E-state index contributed by atoms with van der Waals surface area (Å²) in [6.07, 6.45) is 0. The quantitative estimate of drug-likeness (QED) is 0.823. The Bertz CT molecular complexity index is 662. The number of aromatic nitrogens is 1. The summed E-state index contributed by atoms with van der Waals surface area (Å²) < 4.78 is 0. The van der Waals surface area contributed by atoms with Gasteiger partial charge in [0.2, 0.25) is 5.91 Å². The third-order valence-electron chi connectivity index (χ3n) is 2.88. The van der Waals surface area contributed by atoms with Gasteiger partial charge < -0.3 is 10.6 Å². The summed E-state index contributed by atoms with van der Waals surface area (Å²) in [5, 5.41) is 14.9. The topological polar surface area (TPSA) is 77.8 Å². The number of carbonyl (C=O) groups excluding carboxylic acids is 1. The zero-order valence-electron chi connectivity index (χ0n) is 11.8. The highest BCUT2D eigenvalue weighted by atomic mass is 16.1. The Labute approximate surface area is 123 Å². The molecule has 0 fully saturated rings. The van der Waals surface area contributed by atoms with Crippen molar-refractivity contribution in [3.05, 3.63) is 48.0 Å². The van der Waals surface area contributed by atoms with Crippen molar-refractivity contribution in [3.63, 3.8) is 0 Å². The van der Waals surface area contributed by atoms with Gasteiger partial charge in [0.05, 0.1) is 11.3 Å². The van der Waals surface area contributed by atoms with Crippen LogP contribution in [0.2, 0.25) is 0 Å². The van der Waals surface area contributed by atoms with Crippen molar-refractivity contribution in [2.75, 3.05) is 18.4 Å². The number of amides is 1. The average Bonchev–Trinajstić information content (AvgIpc) is 2.52. The van der Waals surface area contributed by atoms with Gasteiger partial charge in [0.15, 0.2) is 0 Å². The number of nitriles is 1. The molecular weight excluding hydrogens is 264 g/mol. The van der Waals surface area contributed by atoms with Gasteiger partial charge in [-0.15, -0.1) is 0 Å².